The van der Waals surface area contributed by atoms with Crippen LogP contribution in [-0.4, -0.2) is 29.9 Å². The zero-order chi connectivity index (χ0) is 71.6. The lowest BCUT2D eigenvalue weighted by molar-refractivity contribution is 0.436. The molecule has 15 aromatic carbocycles. The molecule has 4 heterocycles. The van der Waals surface area contributed by atoms with Crippen LogP contribution in [-0.2, 0) is 10.8 Å². The molecule has 4 aliphatic rings. The molecule has 2 aliphatic carbocycles. The van der Waals surface area contributed by atoms with Crippen LogP contribution in [0.5, 0.6) is 23.0 Å². The molecule has 0 fully saturated rings. The molecular weight excluding hydrogens is 1320 g/mol. The Morgan fingerprint density at radius 1 is 0.213 bits per heavy atom. The van der Waals surface area contributed by atoms with Gasteiger partial charge >= 0.3 is 0 Å². The molecule has 0 amide bonds. The molecule has 0 N–H and O–H groups in total. The Bertz CT molecular complexity index is 6660. The maximum absolute atomic E-state index is 11.0. The third kappa shape index (κ3) is 9.58. The van der Waals surface area contributed by atoms with Crippen molar-refractivity contribution in [2.45, 2.75) is 10.8 Å². The summed E-state index contributed by atoms with van der Waals surface area (Å²) < 4.78 is 14.6. The van der Waals surface area contributed by atoms with Crippen molar-refractivity contribution in [1.82, 2.24) is 29.9 Å². The number of nitrogens with zero attached hydrogens (tertiary/aromatic N) is 8. The molecule has 21 rings (SSSR count). The third-order valence-electron chi connectivity index (χ3n) is 21.9. The number of ether oxygens (including phenoxy) is 2. The number of hydrogen-bond acceptors (Lipinski definition) is 10. The summed E-state index contributed by atoms with van der Waals surface area (Å²) in [6.07, 6.45) is 0. The van der Waals surface area contributed by atoms with E-state index in [4.69, 9.17) is 39.4 Å². The van der Waals surface area contributed by atoms with E-state index >= 15 is 0 Å². The van der Waals surface area contributed by atoms with Gasteiger partial charge in [-0.1, -0.05) is 279 Å². The lowest BCUT2D eigenvalue weighted by Gasteiger charge is -2.39. The van der Waals surface area contributed by atoms with Crippen LogP contribution in [0.3, 0.4) is 0 Å². The van der Waals surface area contributed by atoms with Crippen molar-refractivity contribution in [3.63, 3.8) is 0 Å². The van der Waals surface area contributed by atoms with Crippen LogP contribution in [0.15, 0.2) is 340 Å². The summed E-state index contributed by atoms with van der Waals surface area (Å²) in [5.74, 6) is 5.83. The Morgan fingerprint density at radius 3 is 1.00 bits per heavy atom. The third-order valence-corrected chi connectivity index (χ3v) is 21.9. The molecule has 10 heteroatoms. The molecule has 17 aromatic rings. The van der Waals surface area contributed by atoms with Crippen molar-refractivity contribution in [3.05, 3.63) is 395 Å². The highest BCUT2D eigenvalue weighted by Crippen LogP contribution is 2.65. The van der Waals surface area contributed by atoms with Gasteiger partial charge in [0.05, 0.1) is 34.1 Å². The minimum absolute atomic E-state index is 0.465. The lowest BCUT2D eigenvalue weighted by atomic mass is 9.66. The highest BCUT2D eigenvalue weighted by molar-refractivity contribution is 5.96. The Morgan fingerprint density at radius 2 is 0.519 bits per heavy atom. The van der Waals surface area contributed by atoms with Gasteiger partial charge in [-0.15, -0.1) is 0 Å². The lowest BCUT2D eigenvalue weighted by Crippen LogP contribution is -2.32. The second-order valence-electron chi connectivity index (χ2n) is 27.8. The number of benzene rings is 15. The van der Waals surface area contributed by atoms with Gasteiger partial charge in [0.15, 0.2) is 34.9 Å². The number of fused-ring (bicyclic) bond motifs is 19. The van der Waals surface area contributed by atoms with Gasteiger partial charge in [-0.25, -0.2) is 29.9 Å². The van der Waals surface area contributed by atoms with E-state index in [1.807, 2.05) is 121 Å². The molecule has 0 saturated carbocycles. The first kappa shape index (κ1) is 61.8. The smallest absolute Gasteiger partial charge is 0.164 e. The van der Waals surface area contributed by atoms with E-state index in [1.165, 1.54) is 22.3 Å². The second kappa shape index (κ2) is 24.4. The highest BCUT2D eigenvalue weighted by atomic mass is 16.5. The highest BCUT2D eigenvalue weighted by Gasteiger charge is 2.53. The predicted molar refractivity (Wildman–Crippen MR) is 424 cm³/mol. The van der Waals surface area contributed by atoms with Crippen LogP contribution in [0, 0.1) is 22.7 Å². The average Bonchev–Trinajstić information content (AvgIpc) is 1.48. The van der Waals surface area contributed by atoms with Crippen LogP contribution in [0.25, 0.3) is 135 Å². The molecule has 0 atom stereocenters. The minimum atomic E-state index is -0.776. The van der Waals surface area contributed by atoms with Crippen molar-refractivity contribution in [3.8, 4) is 159 Å². The first-order chi connectivity index (χ1) is 53.4. The van der Waals surface area contributed by atoms with Gasteiger partial charge in [0.1, 0.15) is 23.0 Å². The summed E-state index contributed by atoms with van der Waals surface area (Å²) in [4.78, 5) is 31.5. The van der Waals surface area contributed by atoms with Crippen LogP contribution in [0.4, 0.5) is 0 Å². The van der Waals surface area contributed by atoms with Crippen LogP contribution in [0.1, 0.15) is 55.6 Å². The second-order valence-corrected chi connectivity index (χ2v) is 27.8. The van der Waals surface area contributed by atoms with Gasteiger partial charge in [-0.05, 0) is 149 Å². The normalized spacial score (nSPS) is 13.1. The van der Waals surface area contributed by atoms with Crippen LogP contribution >= 0.6 is 0 Å². The first-order valence-electron chi connectivity index (χ1n) is 36.0. The Labute approximate surface area is 622 Å². The van der Waals surface area contributed by atoms with Gasteiger partial charge in [0, 0.05) is 55.6 Å². The maximum Gasteiger partial charge on any atom is 0.164 e. The first-order valence-corrected chi connectivity index (χ1v) is 36.0. The number of aromatic nitrogens is 6. The van der Waals surface area contributed by atoms with E-state index in [0.29, 0.717) is 69.1 Å². The Kier molecular flexibility index (Phi) is 14.0. The SMILES string of the molecule is N#Cc1cccc(-c2ccc3c(c2)Oc2cc(-c4nc(-c5ccccc5)nc(-c5cccc(-c6cc(C#N)cc(-c7ccc8c(c7)Oc7cc(-c9nc(-c%10ccccc%10)nc(-c%10cccc%11ccccc%10%11)n9)ccc7C87c8ccccc8-c8ccccc87)c6)c5)n4)ccc2C32c3ccccc3-c3ccccc32)c1. The van der Waals surface area contributed by atoms with Crippen LogP contribution < -0.4 is 9.47 Å². The maximum atomic E-state index is 11.0. The standard InChI is InChI=1S/C98H56N8O2/c99-57-59-20-17-27-64(48-59)66-40-44-83-87(53-66)107-89-55-69(42-46-85(89)97(83)79-36-13-9-31-74(79)75-32-10-14-37-80(75)97)94-102-91(62-22-3-1-4-23-62)101-93(104-94)68-29-18-28-65(51-68)71-49-60(58-100)50-72(52-71)67-41-45-84-88(54-67)108-90-56-70(43-47-86(90)98(84)81-38-15-11-33-76(81)77-34-12-16-39-82(77)98)95-103-92(63-24-5-2-6-25-63)105-96(106-95)78-35-19-26-61-21-7-8-30-73(61)78/h1-56H. The molecular formula is C98H56N8O2. The molecule has 0 bridgehead atoms. The summed E-state index contributed by atoms with van der Waals surface area (Å²) in [7, 11) is 0. The molecule has 0 unspecified atom stereocenters. The number of hydrogen-bond donors (Lipinski definition) is 0. The molecule has 0 radical (unpaired) electrons. The largest absolute Gasteiger partial charge is 0.457 e. The van der Waals surface area contributed by atoms with Crippen molar-refractivity contribution < 1.29 is 9.47 Å². The molecule has 2 aliphatic heterocycles. The zero-order valence-electron chi connectivity index (χ0n) is 57.7. The van der Waals surface area contributed by atoms with Gasteiger partial charge < -0.3 is 9.47 Å². The summed E-state index contributed by atoms with van der Waals surface area (Å²) in [6, 6.07) is 122. The Balaban J connectivity index is 0.676. The van der Waals surface area contributed by atoms with Gasteiger partial charge in [0.2, 0.25) is 0 Å². The van der Waals surface area contributed by atoms with E-state index in [9.17, 15) is 10.5 Å². The van der Waals surface area contributed by atoms with Gasteiger partial charge in [-0.3, -0.25) is 0 Å². The van der Waals surface area contributed by atoms with E-state index < -0.39 is 10.8 Å². The van der Waals surface area contributed by atoms with Crippen molar-refractivity contribution in [1.29, 1.82) is 10.5 Å². The minimum Gasteiger partial charge on any atom is -0.457 e. The topological polar surface area (TPSA) is 143 Å². The summed E-state index contributed by atoms with van der Waals surface area (Å²) in [6.45, 7) is 0. The molecule has 0 saturated heterocycles. The Hall–Kier alpha value is -14.8. The van der Waals surface area contributed by atoms with Crippen molar-refractivity contribution in [2.75, 3.05) is 0 Å². The van der Waals surface area contributed by atoms with Crippen LogP contribution in [0.2, 0.25) is 0 Å². The molecule has 2 spiro atoms. The summed E-state index contributed by atoms with van der Waals surface area (Å²) >= 11 is 0. The molecule has 108 heavy (non-hydrogen) atoms. The fraction of sp³-hybridized carbons (Fsp3) is 0.0204. The molecule has 2 aromatic heterocycles. The summed E-state index contributed by atoms with van der Waals surface area (Å²) in [5, 5.41) is 23.0. The quantitative estimate of drug-likeness (QED) is 0.137. The average molecular weight is 1380 g/mol. The number of nitriles is 2. The monoisotopic (exact) mass is 1380 g/mol. The van der Waals surface area contributed by atoms with Gasteiger partial charge in [-0.2, -0.15) is 10.5 Å². The summed E-state index contributed by atoms with van der Waals surface area (Å²) in [5.41, 5.74) is 23.0. The fourth-order valence-corrected chi connectivity index (χ4v) is 17.2. The number of rotatable bonds is 9. The van der Waals surface area contributed by atoms with Crippen molar-refractivity contribution >= 4 is 10.8 Å². The molecule has 500 valence electrons. The predicted octanol–water partition coefficient (Wildman–Crippen LogP) is 22.9. The fourth-order valence-electron chi connectivity index (χ4n) is 17.2. The van der Waals surface area contributed by atoms with E-state index in [-0.39, 0.29) is 0 Å². The van der Waals surface area contributed by atoms with E-state index in [2.05, 4.69) is 231 Å². The van der Waals surface area contributed by atoms with Crippen molar-refractivity contribution in [2.24, 2.45) is 0 Å². The zero-order valence-corrected chi connectivity index (χ0v) is 57.7. The molecule has 10 nitrogen and oxygen atoms in total. The van der Waals surface area contributed by atoms with Gasteiger partial charge in [0.25, 0.3) is 0 Å². The van der Waals surface area contributed by atoms with E-state index in [1.54, 1.807) is 0 Å². The van der Waals surface area contributed by atoms with E-state index in [0.717, 1.165) is 122 Å².